The molecule has 0 saturated heterocycles. The molecule has 0 saturated carbocycles. The Hall–Kier alpha value is -4.57. The highest BCUT2D eigenvalue weighted by molar-refractivity contribution is 6.07. The van der Waals surface area contributed by atoms with Crippen molar-refractivity contribution in [2.24, 2.45) is 0 Å². The smallest absolute Gasteiger partial charge is 0.461 e. The summed E-state index contributed by atoms with van der Waals surface area (Å²) in [5, 5.41) is 39.0. The number of nitrogens with one attached hydrogen (secondary N) is 3. The maximum absolute atomic E-state index is 12.8. The number of rotatable bonds is 8. The Morgan fingerprint density at radius 2 is 1.57 bits per heavy atom. The minimum absolute atomic E-state index is 0.0650. The monoisotopic (exact) mass is 469 g/mol. The van der Waals surface area contributed by atoms with Crippen LogP contribution < -0.4 is 25.5 Å². The molecule has 5 rings (SSSR count). The molecular formula is C25H23N7O3. The van der Waals surface area contributed by atoms with Crippen molar-refractivity contribution in [1.29, 1.82) is 0 Å². The first-order valence-electron chi connectivity index (χ1n) is 11.3. The lowest BCUT2D eigenvalue weighted by Gasteiger charge is -2.11. The number of fused-ring (bicyclic) bond motifs is 3. The van der Waals surface area contributed by atoms with E-state index in [-0.39, 0.29) is 22.9 Å². The second kappa shape index (κ2) is 9.74. The first-order chi connectivity index (χ1) is 17.1. The zero-order valence-electron chi connectivity index (χ0n) is 18.8. The highest BCUT2D eigenvalue weighted by Gasteiger charge is 2.19. The number of anilines is 1. The normalized spacial score (nSPS) is 11.2. The molecule has 35 heavy (non-hydrogen) atoms. The van der Waals surface area contributed by atoms with E-state index in [1.54, 1.807) is 30.3 Å². The average Bonchev–Trinajstić information content (AvgIpc) is 2.89. The highest BCUT2D eigenvalue weighted by atomic mass is 16.5. The van der Waals surface area contributed by atoms with Gasteiger partial charge >= 0.3 is 5.95 Å². The van der Waals surface area contributed by atoms with Gasteiger partial charge in [0.15, 0.2) is 5.52 Å². The number of amides is 1. The van der Waals surface area contributed by atoms with Crippen LogP contribution in [-0.2, 0) is 0 Å². The summed E-state index contributed by atoms with van der Waals surface area (Å²) in [5.74, 6) is -0.254. The van der Waals surface area contributed by atoms with Crippen LogP contribution in [0, 0.1) is 10.4 Å². The summed E-state index contributed by atoms with van der Waals surface area (Å²) >= 11 is 0. The molecule has 0 bridgehead atoms. The molecule has 0 radical (unpaired) electrons. The maximum atomic E-state index is 12.8. The van der Waals surface area contributed by atoms with E-state index in [9.17, 15) is 15.2 Å². The standard InChI is InChI=1S/C25H23N7O3/c33-24(19-8-5-7-18-16-17-6-1-2-9-20(17)29-23(18)19)27-14-12-26-13-15-28-25-30-32(35)22-11-4-3-10-21(22)31(25)34/h1-11,16,26H,12-15H2,(H,27,33)(H,28,30). The summed E-state index contributed by atoms with van der Waals surface area (Å²) in [6.07, 6.45) is 0. The summed E-state index contributed by atoms with van der Waals surface area (Å²) in [7, 11) is 0. The average molecular weight is 470 g/mol. The summed E-state index contributed by atoms with van der Waals surface area (Å²) in [6, 6.07) is 21.9. The summed E-state index contributed by atoms with van der Waals surface area (Å²) in [5.41, 5.74) is 2.49. The lowest BCUT2D eigenvalue weighted by molar-refractivity contribution is -0.672. The number of aromatic nitrogens is 4. The van der Waals surface area contributed by atoms with Crippen molar-refractivity contribution >= 4 is 44.7 Å². The van der Waals surface area contributed by atoms with Crippen molar-refractivity contribution in [3.05, 3.63) is 88.8 Å². The van der Waals surface area contributed by atoms with Crippen LogP contribution >= 0.6 is 0 Å². The van der Waals surface area contributed by atoms with Crippen molar-refractivity contribution in [1.82, 2.24) is 20.7 Å². The van der Waals surface area contributed by atoms with E-state index in [1.807, 2.05) is 42.5 Å². The van der Waals surface area contributed by atoms with E-state index in [0.717, 1.165) is 16.3 Å². The molecule has 2 aromatic heterocycles. The zero-order chi connectivity index (χ0) is 24.2. The predicted molar refractivity (Wildman–Crippen MR) is 133 cm³/mol. The van der Waals surface area contributed by atoms with Crippen molar-refractivity contribution in [3.8, 4) is 0 Å². The molecule has 10 heteroatoms. The molecule has 3 aromatic carbocycles. The Labute approximate surface area is 200 Å². The number of hydrogen-bond acceptors (Lipinski definition) is 7. The third-order valence-corrected chi connectivity index (χ3v) is 5.65. The fourth-order valence-corrected chi connectivity index (χ4v) is 3.93. The molecular weight excluding hydrogens is 446 g/mol. The Bertz CT molecular complexity index is 1540. The van der Waals surface area contributed by atoms with Crippen LogP contribution in [0.4, 0.5) is 5.95 Å². The van der Waals surface area contributed by atoms with E-state index >= 15 is 0 Å². The summed E-state index contributed by atoms with van der Waals surface area (Å²) in [6.45, 7) is 1.82. The topological polar surface area (TPSA) is 133 Å². The molecule has 5 aromatic rings. The van der Waals surface area contributed by atoms with Crippen LogP contribution in [0.5, 0.6) is 0 Å². The first-order valence-corrected chi connectivity index (χ1v) is 11.3. The minimum atomic E-state index is -0.189. The van der Waals surface area contributed by atoms with E-state index < -0.39 is 0 Å². The molecule has 0 spiro atoms. The zero-order valence-corrected chi connectivity index (χ0v) is 18.8. The van der Waals surface area contributed by atoms with Gasteiger partial charge < -0.3 is 21.0 Å². The molecule has 2 heterocycles. The van der Waals surface area contributed by atoms with Gasteiger partial charge in [-0.05, 0) is 24.3 Å². The van der Waals surface area contributed by atoms with Gasteiger partial charge in [0, 0.05) is 41.3 Å². The van der Waals surface area contributed by atoms with Crippen LogP contribution in [0.1, 0.15) is 10.4 Å². The first kappa shape index (κ1) is 22.2. The Morgan fingerprint density at radius 3 is 2.46 bits per heavy atom. The van der Waals surface area contributed by atoms with Crippen molar-refractivity contribution in [2.45, 2.75) is 0 Å². The molecule has 0 aliphatic heterocycles. The van der Waals surface area contributed by atoms with Gasteiger partial charge in [0.05, 0.1) is 23.1 Å². The van der Waals surface area contributed by atoms with Crippen LogP contribution in [0.25, 0.3) is 32.8 Å². The van der Waals surface area contributed by atoms with Crippen LogP contribution in [0.15, 0.2) is 72.8 Å². The van der Waals surface area contributed by atoms with E-state index in [0.29, 0.717) is 46.8 Å². The Balaban J connectivity index is 1.12. The number of pyridine rings is 1. The number of hydrogen-bond donors (Lipinski definition) is 3. The van der Waals surface area contributed by atoms with Gasteiger partial charge in [0.25, 0.3) is 11.4 Å². The van der Waals surface area contributed by atoms with Gasteiger partial charge in [0.2, 0.25) is 5.10 Å². The molecule has 176 valence electrons. The molecule has 0 aliphatic carbocycles. The third-order valence-electron chi connectivity index (χ3n) is 5.65. The molecule has 0 fully saturated rings. The van der Waals surface area contributed by atoms with Gasteiger partial charge in [-0.1, -0.05) is 42.5 Å². The summed E-state index contributed by atoms with van der Waals surface area (Å²) < 4.78 is 0.603. The predicted octanol–water partition coefficient (Wildman–Crippen LogP) is 1.63. The van der Waals surface area contributed by atoms with E-state index in [1.165, 1.54) is 0 Å². The fraction of sp³-hybridized carbons (Fsp3) is 0.160. The Morgan fingerprint density at radius 1 is 0.829 bits per heavy atom. The molecule has 10 nitrogen and oxygen atoms in total. The number of nitrogens with zero attached hydrogens (tertiary/aromatic N) is 4. The largest absolute Gasteiger partial charge is 0.739 e. The number of carbonyl (C=O) groups is 1. The number of benzene rings is 3. The van der Waals surface area contributed by atoms with Gasteiger partial charge in [-0.25, -0.2) is 9.71 Å². The van der Waals surface area contributed by atoms with Crippen LogP contribution in [0.2, 0.25) is 0 Å². The minimum Gasteiger partial charge on any atom is -0.739 e. The second-order valence-electron chi connectivity index (χ2n) is 7.97. The van der Waals surface area contributed by atoms with E-state index in [4.69, 9.17) is 0 Å². The molecule has 0 atom stereocenters. The quantitative estimate of drug-likeness (QED) is 0.136. The lowest BCUT2D eigenvalue weighted by Crippen LogP contribution is -2.44. The van der Waals surface area contributed by atoms with Crippen LogP contribution in [0.3, 0.4) is 0 Å². The fourth-order valence-electron chi connectivity index (χ4n) is 3.93. The third kappa shape index (κ3) is 4.59. The van der Waals surface area contributed by atoms with Crippen molar-refractivity contribution < 1.29 is 14.4 Å². The van der Waals surface area contributed by atoms with E-state index in [2.05, 4.69) is 26.0 Å². The van der Waals surface area contributed by atoms with Crippen molar-refractivity contribution in [2.75, 3.05) is 31.5 Å². The second-order valence-corrected chi connectivity index (χ2v) is 7.97. The van der Waals surface area contributed by atoms with Gasteiger partial charge in [0.1, 0.15) is 0 Å². The van der Waals surface area contributed by atoms with Crippen LogP contribution in [-0.4, -0.2) is 42.2 Å². The SMILES string of the molecule is O=C(NCCNCCNc1n[n+]([O-])c2ccccc2[n+]1[O-])c1cccc2cc3ccccc3nc12. The molecule has 0 aliphatic rings. The van der Waals surface area contributed by atoms with Gasteiger partial charge in [-0.3, -0.25) is 10.1 Å². The number of para-hydroxylation sites is 4. The molecule has 0 unspecified atom stereocenters. The van der Waals surface area contributed by atoms with Crippen molar-refractivity contribution in [3.63, 3.8) is 0 Å². The van der Waals surface area contributed by atoms with Gasteiger partial charge in [-0.15, -0.1) is 0 Å². The molecule has 1 amide bonds. The Kier molecular flexibility index (Phi) is 6.18. The maximum Gasteiger partial charge on any atom is 0.461 e. The number of carbonyl (C=O) groups excluding carboxylic acids is 1. The lowest BCUT2D eigenvalue weighted by atomic mass is 10.1. The summed E-state index contributed by atoms with van der Waals surface area (Å²) in [4.78, 5) is 17.9. The van der Waals surface area contributed by atoms with Gasteiger partial charge in [-0.2, -0.15) is 0 Å². The molecule has 3 N–H and O–H groups in total. The highest BCUT2D eigenvalue weighted by Crippen LogP contribution is 2.22.